The summed E-state index contributed by atoms with van der Waals surface area (Å²) < 4.78 is 32.7. The van der Waals surface area contributed by atoms with Gasteiger partial charge in [0.2, 0.25) is 0 Å². The number of ether oxygens (including phenoxy) is 1. The zero-order chi connectivity index (χ0) is 15.2. The second kappa shape index (κ2) is 7.92. The molecule has 0 aliphatic carbocycles. The van der Waals surface area contributed by atoms with Gasteiger partial charge in [0.05, 0.1) is 13.5 Å². The van der Waals surface area contributed by atoms with E-state index in [0.29, 0.717) is 45.7 Å². The number of nitrogens with one attached hydrogen (secondary N) is 1. The van der Waals surface area contributed by atoms with Crippen LogP contribution in [0.25, 0.3) is 0 Å². The van der Waals surface area contributed by atoms with Gasteiger partial charge in [0.15, 0.2) is 0 Å². The smallest absolute Gasteiger partial charge is 0.306 e. The minimum absolute atomic E-state index is 0.237. The molecule has 1 aliphatic heterocycles. The van der Waals surface area contributed by atoms with Gasteiger partial charge in [-0.1, -0.05) is 13.8 Å². The Morgan fingerprint density at radius 3 is 2.35 bits per heavy atom. The predicted molar refractivity (Wildman–Crippen MR) is 76.4 cm³/mol. The van der Waals surface area contributed by atoms with Crippen molar-refractivity contribution in [2.75, 3.05) is 46.4 Å². The standard InChI is InChI=1S/C12H25N3O4S/c1-11(2)10-13-20(17,18)15-8-6-14(7-9-15)5-4-12(16)19-3/h11,13H,4-10H2,1-3H3. The number of piperazine rings is 1. The lowest BCUT2D eigenvalue weighted by Crippen LogP contribution is -2.52. The largest absolute Gasteiger partial charge is 0.469 e. The molecule has 0 bridgehead atoms. The van der Waals surface area contributed by atoms with Gasteiger partial charge in [-0.05, 0) is 5.92 Å². The van der Waals surface area contributed by atoms with Crippen LogP contribution in [0.5, 0.6) is 0 Å². The Bertz CT molecular complexity index is 403. The van der Waals surface area contributed by atoms with E-state index < -0.39 is 10.2 Å². The first-order valence-electron chi connectivity index (χ1n) is 6.89. The molecule has 1 N–H and O–H groups in total. The van der Waals surface area contributed by atoms with Crippen molar-refractivity contribution in [2.45, 2.75) is 20.3 Å². The van der Waals surface area contributed by atoms with E-state index in [9.17, 15) is 13.2 Å². The second-order valence-corrected chi connectivity index (χ2v) is 7.07. The van der Waals surface area contributed by atoms with Crippen LogP contribution in [-0.4, -0.2) is 70.0 Å². The molecule has 0 atom stereocenters. The van der Waals surface area contributed by atoms with Gasteiger partial charge >= 0.3 is 5.97 Å². The number of methoxy groups -OCH3 is 1. The van der Waals surface area contributed by atoms with Crippen LogP contribution in [-0.2, 0) is 19.7 Å². The Labute approximate surface area is 121 Å². The average Bonchev–Trinajstić information content (AvgIpc) is 2.43. The minimum atomic E-state index is -3.37. The maximum atomic E-state index is 12.0. The third-order valence-corrected chi connectivity index (χ3v) is 4.78. The number of hydrogen-bond acceptors (Lipinski definition) is 5. The Morgan fingerprint density at radius 1 is 1.25 bits per heavy atom. The van der Waals surface area contributed by atoms with Crippen LogP contribution >= 0.6 is 0 Å². The Hall–Kier alpha value is -0.700. The molecule has 0 saturated carbocycles. The van der Waals surface area contributed by atoms with E-state index >= 15 is 0 Å². The highest BCUT2D eigenvalue weighted by Gasteiger charge is 2.26. The first kappa shape index (κ1) is 17.4. The van der Waals surface area contributed by atoms with E-state index in [1.54, 1.807) is 0 Å². The van der Waals surface area contributed by atoms with Crippen molar-refractivity contribution < 1.29 is 17.9 Å². The van der Waals surface area contributed by atoms with Gasteiger partial charge in [-0.3, -0.25) is 4.79 Å². The van der Waals surface area contributed by atoms with Gasteiger partial charge in [-0.15, -0.1) is 0 Å². The lowest BCUT2D eigenvalue weighted by molar-refractivity contribution is -0.141. The van der Waals surface area contributed by atoms with Crippen LogP contribution in [0.3, 0.4) is 0 Å². The van der Waals surface area contributed by atoms with Crippen molar-refractivity contribution >= 4 is 16.2 Å². The molecule has 8 heteroatoms. The molecule has 1 rings (SSSR count). The van der Waals surface area contributed by atoms with Gasteiger partial charge in [0, 0.05) is 39.3 Å². The molecule has 1 saturated heterocycles. The normalized spacial score (nSPS) is 18.4. The quantitative estimate of drug-likeness (QED) is 0.651. The molecule has 1 aliphatic rings. The molecule has 7 nitrogen and oxygen atoms in total. The summed E-state index contributed by atoms with van der Waals surface area (Å²) in [6.45, 7) is 7.17. The second-order valence-electron chi connectivity index (χ2n) is 5.31. The third kappa shape index (κ3) is 5.74. The first-order chi connectivity index (χ1) is 9.35. The molecule has 0 aromatic rings. The molecule has 0 spiro atoms. The zero-order valence-corrected chi connectivity index (χ0v) is 13.3. The molecular weight excluding hydrogens is 282 g/mol. The lowest BCUT2D eigenvalue weighted by Gasteiger charge is -2.33. The van der Waals surface area contributed by atoms with E-state index in [1.165, 1.54) is 11.4 Å². The summed E-state index contributed by atoms with van der Waals surface area (Å²) in [6.07, 6.45) is 0.342. The highest BCUT2D eigenvalue weighted by molar-refractivity contribution is 7.87. The van der Waals surface area contributed by atoms with E-state index in [0.717, 1.165) is 0 Å². The Morgan fingerprint density at radius 2 is 1.85 bits per heavy atom. The summed E-state index contributed by atoms with van der Waals surface area (Å²) in [4.78, 5) is 13.1. The zero-order valence-electron chi connectivity index (χ0n) is 12.5. The van der Waals surface area contributed by atoms with E-state index in [4.69, 9.17) is 0 Å². The molecule has 0 amide bonds. The maximum Gasteiger partial charge on any atom is 0.306 e. The van der Waals surface area contributed by atoms with Crippen LogP contribution in [0.1, 0.15) is 20.3 Å². The molecule has 0 aromatic heterocycles. The molecule has 118 valence electrons. The number of carbonyl (C=O) groups excluding carboxylic acids is 1. The molecule has 0 aromatic carbocycles. The van der Waals surface area contributed by atoms with Crippen LogP contribution in [0.4, 0.5) is 0 Å². The number of carbonyl (C=O) groups is 1. The number of rotatable bonds is 7. The van der Waals surface area contributed by atoms with Crippen molar-refractivity contribution in [3.05, 3.63) is 0 Å². The SMILES string of the molecule is COC(=O)CCN1CCN(S(=O)(=O)NCC(C)C)CC1. The monoisotopic (exact) mass is 307 g/mol. The van der Waals surface area contributed by atoms with Crippen molar-refractivity contribution in [1.82, 2.24) is 13.9 Å². The fourth-order valence-electron chi connectivity index (χ4n) is 1.91. The van der Waals surface area contributed by atoms with Gasteiger partial charge in [0.25, 0.3) is 10.2 Å². The lowest BCUT2D eigenvalue weighted by atomic mass is 10.2. The van der Waals surface area contributed by atoms with Gasteiger partial charge in [0.1, 0.15) is 0 Å². The number of nitrogens with zero attached hydrogens (tertiary/aromatic N) is 2. The first-order valence-corrected chi connectivity index (χ1v) is 8.33. The van der Waals surface area contributed by atoms with Gasteiger partial charge in [-0.2, -0.15) is 12.7 Å². The molecule has 1 fully saturated rings. The fraction of sp³-hybridized carbons (Fsp3) is 0.917. The summed E-state index contributed by atoms with van der Waals surface area (Å²) in [6, 6.07) is 0. The maximum absolute atomic E-state index is 12.0. The number of hydrogen-bond donors (Lipinski definition) is 1. The Balaban J connectivity index is 2.36. The fourth-order valence-corrected chi connectivity index (χ4v) is 3.28. The van der Waals surface area contributed by atoms with Crippen LogP contribution in [0.15, 0.2) is 0 Å². The summed E-state index contributed by atoms with van der Waals surface area (Å²) >= 11 is 0. The third-order valence-electron chi connectivity index (χ3n) is 3.20. The van der Waals surface area contributed by atoms with E-state index in [-0.39, 0.29) is 11.9 Å². The number of esters is 1. The van der Waals surface area contributed by atoms with Gasteiger partial charge < -0.3 is 9.64 Å². The van der Waals surface area contributed by atoms with Crippen LogP contribution < -0.4 is 4.72 Å². The van der Waals surface area contributed by atoms with E-state index in [2.05, 4.69) is 14.4 Å². The summed E-state index contributed by atoms with van der Waals surface area (Å²) in [7, 11) is -2.00. The highest BCUT2D eigenvalue weighted by atomic mass is 32.2. The Kier molecular flexibility index (Phi) is 6.87. The molecule has 1 heterocycles. The highest BCUT2D eigenvalue weighted by Crippen LogP contribution is 2.07. The van der Waals surface area contributed by atoms with Crippen molar-refractivity contribution in [2.24, 2.45) is 5.92 Å². The van der Waals surface area contributed by atoms with Crippen LogP contribution in [0, 0.1) is 5.92 Å². The topological polar surface area (TPSA) is 79.0 Å². The van der Waals surface area contributed by atoms with Crippen molar-refractivity contribution in [1.29, 1.82) is 0 Å². The van der Waals surface area contributed by atoms with E-state index in [1.807, 2.05) is 13.8 Å². The van der Waals surface area contributed by atoms with Crippen molar-refractivity contribution in [3.8, 4) is 0 Å². The van der Waals surface area contributed by atoms with Crippen molar-refractivity contribution in [3.63, 3.8) is 0 Å². The molecule has 0 radical (unpaired) electrons. The summed E-state index contributed by atoms with van der Waals surface area (Å²) in [5, 5.41) is 0. The molecule has 20 heavy (non-hydrogen) atoms. The predicted octanol–water partition coefficient (Wildman–Crippen LogP) is -0.342. The van der Waals surface area contributed by atoms with Gasteiger partial charge in [-0.25, -0.2) is 4.72 Å². The minimum Gasteiger partial charge on any atom is -0.469 e. The summed E-state index contributed by atoms with van der Waals surface area (Å²) in [5.74, 6) is 0.0461. The average molecular weight is 307 g/mol. The molecular formula is C12H25N3O4S. The van der Waals surface area contributed by atoms with Crippen LogP contribution in [0.2, 0.25) is 0 Å². The summed E-state index contributed by atoms with van der Waals surface area (Å²) in [5.41, 5.74) is 0. The molecule has 0 unspecified atom stereocenters.